The second-order valence-corrected chi connectivity index (χ2v) is 5.52. The van der Waals surface area contributed by atoms with E-state index < -0.39 is 16.4 Å². The van der Waals surface area contributed by atoms with Crippen molar-refractivity contribution in [1.29, 1.82) is 0 Å². The largest absolute Gasteiger partial charge is 0.388 e. The maximum atomic E-state index is 11.0. The van der Waals surface area contributed by atoms with Gasteiger partial charge < -0.3 is 5.11 Å². The Bertz CT molecular complexity index is 447. The fourth-order valence-electron chi connectivity index (χ4n) is 1.67. The minimum Gasteiger partial charge on any atom is -0.388 e. The minimum absolute atomic E-state index is 0.00414. The zero-order valence-corrected chi connectivity index (χ0v) is 10.9. The first-order chi connectivity index (χ1) is 7.64. The Hall–Kier alpha value is -1.42. The number of aliphatic hydroxyl groups excluding tert-OH is 1. The molecule has 0 saturated heterocycles. The number of aliphatic hydroxyl groups is 1. The summed E-state index contributed by atoms with van der Waals surface area (Å²) in [4.78, 5) is 10.6. The van der Waals surface area contributed by atoms with Crippen molar-refractivity contribution in [2.75, 3.05) is 0 Å². The Balaban J connectivity index is 3.41. The smallest absolute Gasteiger partial charge is 0.275 e. The molecule has 1 aromatic carbocycles. The average Bonchev–Trinajstić information content (AvgIpc) is 2.18. The molecule has 0 aromatic heterocycles. The zero-order chi connectivity index (χ0) is 13.4. The molecule has 0 radical (unpaired) electrons. The Morgan fingerprint density at radius 3 is 2.12 bits per heavy atom. The van der Waals surface area contributed by atoms with Crippen LogP contribution in [0.2, 0.25) is 0 Å². The third-order valence-corrected chi connectivity index (χ3v) is 2.95. The molecule has 0 spiro atoms. The van der Waals surface area contributed by atoms with Crippen LogP contribution in [0, 0.1) is 29.4 Å². The molecule has 0 bridgehead atoms. The first-order valence-corrected chi connectivity index (χ1v) is 5.58. The number of aryl methyl sites for hydroxylation is 2. The molecule has 94 valence electrons. The van der Waals surface area contributed by atoms with Crippen LogP contribution in [-0.2, 0) is 0 Å². The molecule has 4 nitrogen and oxygen atoms in total. The van der Waals surface area contributed by atoms with Gasteiger partial charge in [-0.1, -0.05) is 20.8 Å². The van der Waals surface area contributed by atoms with Gasteiger partial charge in [-0.05, 0) is 36.5 Å². The van der Waals surface area contributed by atoms with E-state index in [4.69, 9.17) is 0 Å². The number of benzene rings is 1. The number of hydrogen-bond acceptors (Lipinski definition) is 3. The third-order valence-electron chi connectivity index (χ3n) is 2.95. The van der Waals surface area contributed by atoms with Crippen molar-refractivity contribution < 1.29 is 10.0 Å². The molecule has 1 aromatic rings. The fourth-order valence-corrected chi connectivity index (χ4v) is 1.67. The van der Waals surface area contributed by atoms with Crippen molar-refractivity contribution in [1.82, 2.24) is 0 Å². The van der Waals surface area contributed by atoms with Crippen LogP contribution in [0.4, 0.5) is 5.69 Å². The molecule has 1 rings (SSSR count). The van der Waals surface area contributed by atoms with E-state index >= 15 is 0 Å². The van der Waals surface area contributed by atoms with Gasteiger partial charge in [0.15, 0.2) is 0 Å². The maximum Gasteiger partial charge on any atom is 0.275 e. The molecule has 4 heteroatoms. The van der Waals surface area contributed by atoms with Gasteiger partial charge >= 0.3 is 0 Å². The quantitative estimate of drug-likeness (QED) is 0.634. The van der Waals surface area contributed by atoms with Crippen LogP contribution in [0.15, 0.2) is 12.1 Å². The molecule has 0 heterocycles. The van der Waals surface area contributed by atoms with Crippen LogP contribution in [0.5, 0.6) is 0 Å². The average molecular weight is 237 g/mol. The fraction of sp³-hybridized carbons (Fsp3) is 0.538. The number of hydrogen-bond donors (Lipinski definition) is 1. The second kappa shape index (κ2) is 4.45. The first-order valence-electron chi connectivity index (χ1n) is 5.58. The predicted octanol–water partition coefficient (Wildman–Crippen LogP) is 3.29. The van der Waals surface area contributed by atoms with Crippen LogP contribution in [0.3, 0.4) is 0 Å². The number of rotatable bonds is 2. The molecule has 0 fully saturated rings. The molecule has 1 N–H and O–H groups in total. The highest BCUT2D eigenvalue weighted by molar-refractivity contribution is 5.48. The minimum atomic E-state index is -0.845. The van der Waals surface area contributed by atoms with Crippen LogP contribution in [-0.4, -0.2) is 10.0 Å². The van der Waals surface area contributed by atoms with Gasteiger partial charge in [-0.25, -0.2) is 0 Å². The van der Waals surface area contributed by atoms with Gasteiger partial charge in [0.1, 0.15) is 0 Å². The molecule has 1 unspecified atom stereocenters. The molecule has 0 saturated carbocycles. The van der Waals surface area contributed by atoms with Crippen LogP contribution in [0.1, 0.15) is 43.6 Å². The van der Waals surface area contributed by atoms with Crippen LogP contribution < -0.4 is 0 Å². The van der Waals surface area contributed by atoms with Gasteiger partial charge in [0.05, 0.1) is 16.6 Å². The van der Waals surface area contributed by atoms with E-state index in [-0.39, 0.29) is 5.69 Å². The van der Waals surface area contributed by atoms with E-state index in [1.54, 1.807) is 6.07 Å². The van der Waals surface area contributed by atoms with Crippen molar-refractivity contribution in [3.63, 3.8) is 0 Å². The van der Waals surface area contributed by atoms with Crippen molar-refractivity contribution >= 4 is 5.69 Å². The van der Waals surface area contributed by atoms with Gasteiger partial charge in [-0.2, -0.15) is 0 Å². The first kappa shape index (κ1) is 13.6. The maximum absolute atomic E-state index is 11.0. The number of nitro benzene ring substituents is 1. The molecule has 0 aliphatic rings. The molecule has 0 aliphatic carbocycles. The van der Waals surface area contributed by atoms with Crippen LogP contribution >= 0.6 is 0 Å². The van der Waals surface area contributed by atoms with E-state index in [0.29, 0.717) is 5.56 Å². The van der Waals surface area contributed by atoms with Gasteiger partial charge in [0, 0.05) is 6.07 Å². The summed E-state index contributed by atoms with van der Waals surface area (Å²) in [7, 11) is 0. The van der Waals surface area contributed by atoms with Gasteiger partial charge in [0.2, 0.25) is 0 Å². The molecule has 17 heavy (non-hydrogen) atoms. The Morgan fingerprint density at radius 2 is 1.71 bits per heavy atom. The van der Waals surface area contributed by atoms with Crippen molar-refractivity contribution in [3.05, 3.63) is 38.9 Å². The van der Waals surface area contributed by atoms with E-state index in [1.165, 1.54) is 6.07 Å². The number of nitrogens with zero attached hydrogens (tertiary/aromatic N) is 1. The number of nitro groups is 1. The normalized spacial score (nSPS) is 13.5. The highest BCUT2D eigenvalue weighted by atomic mass is 16.6. The molecular formula is C13H19NO3. The van der Waals surface area contributed by atoms with Gasteiger partial charge in [-0.3, -0.25) is 10.1 Å². The lowest BCUT2D eigenvalue weighted by molar-refractivity contribution is -0.386. The molecule has 0 aliphatic heterocycles. The molecule has 0 amide bonds. The molecule has 1 atom stereocenters. The Morgan fingerprint density at radius 1 is 1.24 bits per heavy atom. The third kappa shape index (κ3) is 2.82. The van der Waals surface area contributed by atoms with Crippen molar-refractivity contribution in [2.45, 2.75) is 40.7 Å². The summed E-state index contributed by atoms with van der Waals surface area (Å²) in [5, 5.41) is 21.2. The van der Waals surface area contributed by atoms with E-state index in [1.807, 2.05) is 34.6 Å². The van der Waals surface area contributed by atoms with Crippen molar-refractivity contribution in [2.24, 2.45) is 5.41 Å². The lowest BCUT2D eigenvalue weighted by atomic mass is 9.83. The second-order valence-electron chi connectivity index (χ2n) is 5.52. The SMILES string of the molecule is Cc1cc(C(O)C(C)(C)C)c([N+](=O)[O-])cc1C. The summed E-state index contributed by atoms with van der Waals surface area (Å²) in [6.45, 7) is 9.29. The topological polar surface area (TPSA) is 63.4 Å². The highest BCUT2D eigenvalue weighted by Gasteiger charge is 2.30. The summed E-state index contributed by atoms with van der Waals surface area (Å²) < 4.78 is 0. The van der Waals surface area contributed by atoms with Crippen LogP contribution in [0.25, 0.3) is 0 Å². The van der Waals surface area contributed by atoms with E-state index in [2.05, 4.69) is 0 Å². The lowest BCUT2D eigenvalue weighted by Gasteiger charge is -2.26. The standard InChI is InChI=1S/C13H19NO3/c1-8-6-10(12(15)13(3,4)5)11(14(16)17)7-9(8)2/h6-7,12,15H,1-5H3. The summed E-state index contributed by atoms with van der Waals surface area (Å²) in [5.74, 6) is 0. The van der Waals surface area contributed by atoms with Gasteiger partial charge in [-0.15, -0.1) is 0 Å². The molecular weight excluding hydrogens is 218 g/mol. The lowest BCUT2D eigenvalue weighted by Crippen LogP contribution is -2.19. The van der Waals surface area contributed by atoms with Crippen molar-refractivity contribution in [3.8, 4) is 0 Å². The van der Waals surface area contributed by atoms with E-state index in [0.717, 1.165) is 11.1 Å². The predicted molar refractivity (Wildman–Crippen MR) is 67.0 cm³/mol. The summed E-state index contributed by atoms with van der Waals surface area (Å²) in [6, 6.07) is 3.24. The summed E-state index contributed by atoms with van der Waals surface area (Å²) in [5.41, 5.74) is 1.78. The van der Waals surface area contributed by atoms with Gasteiger partial charge in [0.25, 0.3) is 5.69 Å². The summed E-state index contributed by atoms with van der Waals surface area (Å²) >= 11 is 0. The Labute approximate surface area is 101 Å². The zero-order valence-electron chi connectivity index (χ0n) is 10.9. The van der Waals surface area contributed by atoms with E-state index in [9.17, 15) is 15.2 Å². The Kier molecular flexibility index (Phi) is 3.57. The summed E-state index contributed by atoms with van der Waals surface area (Å²) in [6.07, 6.45) is -0.845. The monoisotopic (exact) mass is 237 g/mol. The highest BCUT2D eigenvalue weighted by Crippen LogP contribution is 2.38.